The number of alkyl halides is 3. The number of hydrogen-bond donors (Lipinski definition) is 0. The highest BCUT2D eigenvalue weighted by atomic mass is 19.4. The predicted octanol–water partition coefficient (Wildman–Crippen LogP) is 3.14. The van der Waals surface area contributed by atoms with Crippen molar-refractivity contribution in [2.24, 2.45) is 5.92 Å². The molecule has 0 spiro atoms. The van der Waals surface area contributed by atoms with Gasteiger partial charge in [-0.1, -0.05) is 37.3 Å². The standard InChI is InChI=1S/C12H13F3O2/c1-8(11(16)17-2)10(12(13,14)15)9-6-4-3-5-7-9/h3-8,10H,1-2H3/t8?,10-/m1/s1. The second-order valence-electron chi connectivity index (χ2n) is 3.74. The number of carbonyl (C=O) groups excluding carboxylic acids is 1. The van der Waals surface area contributed by atoms with Gasteiger partial charge < -0.3 is 4.74 Å². The zero-order valence-corrected chi connectivity index (χ0v) is 9.49. The van der Waals surface area contributed by atoms with Gasteiger partial charge in [-0.2, -0.15) is 13.2 Å². The number of halogens is 3. The van der Waals surface area contributed by atoms with Crippen LogP contribution in [0, 0.1) is 5.92 Å². The fourth-order valence-electron chi connectivity index (χ4n) is 1.74. The Kier molecular flexibility index (Phi) is 4.15. The first-order valence-corrected chi connectivity index (χ1v) is 5.07. The maximum atomic E-state index is 12.9. The monoisotopic (exact) mass is 246 g/mol. The van der Waals surface area contributed by atoms with Gasteiger partial charge in [-0.3, -0.25) is 4.79 Å². The molecule has 0 radical (unpaired) electrons. The average Bonchev–Trinajstić information content (AvgIpc) is 2.27. The normalized spacial score (nSPS) is 15.1. The molecule has 1 unspecified atom stereocenters. The van der Waals surface area contributed by atoms with Crippen molar-refractivity contribution in [1.82, 2.24) is 0 Å². The van der Waals surface area contributed by atoms with Crippen LogP contribution < -0.4 is 0 Å². The average molecular weight is 246 g/mol. The quantitative estimate of drug-likeness (QED) is 0.766. The van der Waals surface area contributed by atoms with Gasteiger partial charge >= 0.3 is 12.1 Å². The highest BCUT2D eigenvalue weighted by molar-refractivity contribution is 5.73. The van der Waals surface area contributed by atoms with Crippen molar-refractivity contribution in [2.75, 3.05) is 7.11 Å². The summed E-state index contributed by atoms with van der Waals surface area (Å²) in [6.07, 6.45) is -4.48. The molecule has 0 saturated carbocycles. The highest BCUT2D eigenvalue weighted by Crippen LogP contribution is 2.40. The summed E-state index contributed by atoms with van der Waals surface area (Å²) >= 11 is 0. The van der Waals surface area contributed by atoms with Gasteiger partial charge in [-0.25, -0.2) is 0 Å². The molecule has 0 N–H and O–H groups in total. The van der Waals surface area contributed by atoms with Crippen molar-refractivity contribution >= 4 is 5.97 Å². The second kappa shape index (κ2) is 5.21. The van der Waals surface area contributed by atoms with Crippen LogP contribution in [0.3, 0.4) is 0 Å². The highest BCUT2D eigenvalue weighted by Gasteiger charge is 2.46. The molecular formula is C12H13F3O2. The Morgan fingerprint density at radius 1 is 1.24 bits per heavy atom. The molecule has 2 nitrogen and oxygen atoms in total. The van der Waals surface area contributed by atoms with Crippen LogP contribution in [0.4, 0.5) is 13.2 Å². The SMILES string of the molecule is COC(=O)C(C)[C@H](c1ccccc1)C(F)(F)F. The number of methoxy groups -OCH3 is 1. The fourth-order valence-corrected chi connectivity index (χ4v) is 1.74. The molecule has 0 fully saturated rings. The Hall–Kier alpha value is -1.52. The van der Waals surface area contributed by atoms with Crippen LogP contribution in [0.5, 0.6) is 0 Å². The van der Waals surface area contributed by atoms with Gasteiger partial charge in [-0.05, 0) is 5.56 Å². The van der Waals surface area contributed by atoms with Crippen LogP contribution in [0.1, 0.15) is 18.4 Å². The van der Waals surface area contributed by atoms with Crippen molar-refractivity contribution < 1.29 is 22.7 Å². The van der Waals surface area contributed by atoms with E-state index in [2.05, 4.69) is 4.74 Å². The Morgan fingerprint density at radius 3 is 2.18 bits per heavy atom. The van der Waals surface area contributed by atoms with E-state index in [1.54, 1.807) is 6.07 Å². The van der Waals surface area contributed by atoms with Crippen LogP contribution in [-0.4, -0.2) is 19.3 Å². The number of carbonyl (C=O) groups is 1. The topological polar surface area (TPSA) is 26.3 Å². The molecule has 0 aromatic heterocycles. The largest absolute Gasteiger partial charge is 0.469 e. The summed E-state index contributed by atoms with van der Waals surface area (Å²) in [6.45, 7) is 1.22. The van der Waals surface area contributed by atoms with Gasteiger partial charge in [0.1, 0.15) is 0 Å². The first kappa shape index (κ1) is 13.5. The van der Waals surface area contributed by atoms with Crippen molar-refractivity contribution in [3.63, 3.8) is 0 Å². The third-order valence-electron chi connectivity index (χ3n) is 2.58. The first-order valence-electron chi connectivity index (χ1n) is 5.07. The molecule has 0 amide bonds. The molecule has 1 aromatic carbocycles. The summed E-state index contributed by atoms with van der Waals surface area (Å²) in [5, 5.41) is 0. The number of benzene rings is 1. The lowest BCUT2D eigenvalue weighted by Gasteiger charge is -2.25. The number of ether oxygens (including phenoxy) is 1. The van der Waals surface area contributed by atoms with E-state index < -0.39 is 24.0 Å². The van der Waals surface area contributed by atoms with E-state index in [-0.39, 0.29) is 5.56 Å². The van der Waals surface area contributed by atoms with E-state index in [0.29, 0.717) is 0 Å². The summed E-state index contributed by atoms with van der Waals surface area (Å²) in [5.41, 5.74) is 0.0675. The van der Waals surface area contributed by atoms with Crippen LogP contribution >= 0.6 is 0 Å². The van der Waals surface area contributed by atoms with E-state index in [0.717, 1.165) is 7.11 Å². The minimum atomic E-state index is -4.48. The smallest absolute Gasteiger partial charge is 0.396 e. The summed E-state index contributed by atoms with van der Waals surface area (Å²) in [7, 11) is 1.08. The molecule has 0 saturated heterocycles. The third kappa shape index (κ3) is 3.22. The number of esters is 1. The van der Waals surface area contributed by atoms with Crippen LogP contribution in [0.15, 0.2) is 30.3 Å². The zero-order valence-electron chi connectivity index (χ0n) is 9.49. The predicted molar refractivity (Wildman–Crippen MR) is 56.4 cm³/mol. The van der Waals surface area contributed by atoms with E-state index in [1.807, 2.05) is 0 Å². The van der Waals surface area contributed by atoms with Crippen molar-refractivity contribution in [2.45, 2.75) is 19.0 Å². The zero-order chi connectivity index (χ0) is 13.1. The molecule has 17 heavy (non-hydrogen) atoms. The van der Waals surface area contributed by atoms with Crippen LogP contribution in [0.2, 0.25) is 0 Å². The van der Waals surface area contributed by atoms with Gasteiger partial charge in [0.2, 0.25) is 0 Å². The second-order valence-corrected chi connectivity index (χ2v) is 3.74. The van der Waals surface area contributed by atoms with E-state index in [4.69, 9.17) is 0 Å². The number of hydrogen-bond acceptors (Lipinski definition) is 2. The van der Waals surface area contributed by atoms with Crippen LogP contribution in [0.25, 0.3) is 0 Å². The Morgan fingerprint density at radius 2 is 1.76 bits per heavy atom. The lowest BCUT2D eigenvalue weighted by molar-refractivity contribution is -0.175. The summed E-state index contributed by atoms with van der Waals surface area (Å²) < 4.78 is 43.2. The van der Waals surface area contributed by atoms with E-state index in [1.165, 1.54) is 31.2 Å². The third-order valence-corrected chi connectivity index (χ3v) is 2.58. The molecule has 5 heteroatoms. The Balaban J connectivity index is 3.10. The molecule has 0 bridgehead atoms. The van der Waals surface area contributed by atoms with E-state index >= 15 is 0 Å². The molecule has 0 aliphatic carbocycles. The minimum absolute atomic E-state index is 0.0675. The molecule has 2 atom stereocenters. The van der Waals surface area contributed by atoms with Gasteiger partial charge in [0.25, 0.3) is 0 Å². The maximum absolute atomic E-state index is 12.9. The first-order chi connectivity index (χ1) is 7.88. The summed E-state index contributed by atoms with van der Waals surface area (Å²) in [4.78, 5) is 11.3. The molecule has 0 heterocycles. The van der Waals surface area contributed by atoms with Crippen molar-refractivity contribution in [3.05, 3.63) is 35.9 Å². The molecule has 1 rings (SSSR count). The fraction of sp³-hybridized carbons (Fsp3) is 0.417. The molecule has 94 valence electrons. The van der Waals surface area contributed by atoms with Crippen LogP contribution in [-0.2, 0) is 9.53 Å². The summed E-state index contributed by atoms with van der Waals surface area (Å²) in [5.74, 6) is -3.96. The molecule has 0 aliphatic heterocycles. The summed E-state index contributed by atoms with van der Waals surface area (Å²) in [6, 6.07) is 7.37. The Bertz CT molecular complexity index is 373. The van der Waals surface area contributed by atoms with Gasteiger partial charge in [0, 0.05) is 0 Å². The molecule has 0 aliphatic rings. The Labute approximate surface area is 97.4 Å². The molecular weight excluding hydrogens is 233 g/mol. The van der Waals surface area contributed by atoms with Gasteiger partial charge in [-0.15, -0.1) is 0 Å². The van der Waals surface area contributed by atoms with E-state index in [9.17, 15) is 18.0 Å². The van der Waals surface area contributed by atoms with Gasteiger partial charge in [0.05, 0.1) is 18.9 Å². The lowest BCUT2D eigenvalue weighted by Crippen LogP contribution is -2.32. The lowest BCUT2D eigenvalue weighted by atomic mass is 9.86. The molecule has 1 aromatic rings. The van der Waals surface area contributed by atoms with Crippen molar-refractivity contribution in [1.29, 1.82) is 0 Å². The maximum Gasteiger partial charge on any atom is 0.396 e. The minimum Gasteiger partial charge on any atom is -0.469 e. The number of rotatable bonds is 3. The van der Waals surface area contributed by atoms with Crippen molar-refractivity contribution in [3.8, 4) is 0 Å². The van der Waals surface area contributed by atoms with Gasteiger partial charge in [0.15, 0.2) is 0 Å².